The normalized spacial score (nSPS) is 17.3. The average molecular weight is 286 g/mol. The van der Waals surface area contributed by atoms with E-state index in [1.165, 1.54) is 0 Å². The van der Waals surface area contributed by atoms with E-state index in [-0.39, 0.29) is 11.9 Å². The van der Waals surface area contributed by atoms with E-state index in [2.05, 4.69) is 22.9 Å². The number of hydrogen-bond acceptors (Lipinski definition) is 4. The standard InChI is InChI=1S/C16H22N4O/c1-3-4-15(10-17)19-5-7-20(8-6-19)16(21)14-9-13(2)11-18-12-14/h9,11-12,15H,3-8H2,1-2H3. The molecular formula is C16H22N4O. The molecule has 1 aliphatic heterocycles. The summed E-state index contributed by atoms with van der Waals surface area (Å²) in [5, 5.41) is 9.21. The van der Waals surface area contributed by atoms with Crippen LogP contribution >= 0.6 is 0 Å². The van der Waals surface area contributed by atoms with Crippen LogP contribution in [0.15, 0.2) is 18.5 Å². The molecule has 21 heavy (non-hydrogen) atoms. The van der Waals surface area contributed by atoms with Crippen LogP contribution in [0, 0.1) is 18.3 Å². The summed E-state index contributed by atoms with van der Waals surface area (Å²) >= 11 is 0. The molecule has 0 aliphatic carbocycles. The number of rotatable bonds is 4. The monoisotopic (exact) mass is 286 g/mol. The molecule has 0 N–H and O–H groups in total. The summed E-state index contributed by atoms with van der Waals surface area (Å²) < 4.78 is 0. The lowest BCUT2D eigenvalue weighted by Crippen LogP contribution is -2.51. The number of hydrogen-bond donors (Lipinski definition) is 0. The van der Waals surface area contributed by atoms with E-state index in [0.29, 0.717) is 18.7 Å². The molecule has 0 aromatic carbocycles. The summed E-state index contributed by atoms with van der Waals surface area (Å²) in [6, 6.07) is 4.22. The lowest BCUT2D eigenvalue weighted by atomic mass is 10.1. The Hall–Kier alpha value is -1.93. The van der Waals surface area contributed by atoms with Crippen molar-refractivity contribution in [3.8, 4) is 6.07 Å². The van der Waals surface area contributed by atoms with Gasteiger partial charge in [-0.25, -0.2) is 0 Å². The third kappa shape index (κ3) is 3.79. The van der Waals surface area contributed by atoms with Crippen LogP contribution < -0.4 is 0 Å². The van der Waals surface area contributed by atoms with Crippen molar-refractivity contribution < 1.29 is 4.79 Å². The summed E-state index contributed by atoms with van der Waals surface area (Å²) in [6.07, 6.45) is 5.27. The van der Waals surface area contributed by atoms with Gasteiger partial charge in [-0.3, -0.25) is 14.7 Å². The minimum atomic E-state index is -0.0205. The lowest BCUT2D eigenvalue weighted by Gasteiger charge is -2.36. The summed E-state index contributed by atoms with van der Waals surface area (Å²) in [5.74, 6) is 0.0369. The minimum Gasteiger partial charge on any atom is -0.336 e. The first-order valence-corrected chi connectivity index (χ1v) is 7.50. The maximum Gasteiger partial charge on any atom is 0.255 e. The lowest BCUT2D eigenvalue weighted by molar-refractivity contribution is 0.0600. The van der Waals surface area contributed by atoms with E-state index >= 15 is 0 Å². The fourth-order valence-corrected chi connectivity index (χ4v) is 2.69. The van der Waals surface area contributed by atoms with Crippen molar-refractivity contribution in [2.45, 2.75) is 32.7 Å². The van der Waals surface area contributed by atoms with Gasteiger partial charge in [0, 0.05) is 38.6 Å². The zero-order valence-corrected chi connectivity index (χ0v) is 12.7. The number of piperazine rings is 1. The van der Waals surface area contributed by atoms with E-state index in [1.807, 2.05) is 17.9 Å². The Morgan fingerprint density at radius 2 is 2.10 bits per heavy atom. The van der Waals surface area contributed by atoms with Crippen LogP contribution in [0.3, 0.4) is 0 Å². The van der Waals surface area contributed by atoms with Crippen LogP contribution in [0.5, 0.6) is 0 Å². The molecule has 2 heterocycles. The van der Waals surface area contributed by atoms with Gasteiger partial charge in [-0.05, 0) is 25.0 Å². The third-order valence-corrected chi connectivity index (χ3v) is 3.88. The largest absolute Gasteiger partial charge is 0.336 e. The van der Waals surface area contributed by atoms with Gasteiger partial charge in [0.2, 0.25) is 0 Å². The smallest absolute Gasteiger partial charge is 0.255 e. The molecule has 0 saturated carbocycles. The molecule has 1 fully saturated rings. The van der Waals surface area contributed by atoms with Gasteiger partial charge in [0.15, 0.2) is 0 Å². The number of nitrogens with zero attached hydrogens (tertiary/aromatic N) is 4. The fourth-order valence-electron chi connectivity index (χ4n) is 2.69. The molecule has 5 heteroatoms. The average Bonchev–Trinajstić information content (AvgIpc) is 2.52. The molecule has 1 aliphatic rings. The molecule has 0 radical (unpaired) electrons. The number of nitriles is 1. The molecule has 0 spiro atoms. The number of carbonyl (C=O) groups excluding carboxylic acids is 1. The van der Waals surface area contributed by atoms with Crippen molar-refractivity contribution in [1.29, 1.82) is 5.26 Å². The van der Waals surface area contributed by atoms with Crippen LogP contribution in [0.4, 0.5) is 0 Å². The molecule has 0 bridgehead atoms. The highest BCUT2D eigenvalue weighted by atomic mass is 16.2. The van der Waals surface area contributed by atoms with Gasteiger partial charge in [-0.15, -0.1) is 0 Å². The highest BCUT2D eigenvalue weighted by molar-refractivity contribution is 5.94. The molecule has 5 nitrogen and oxygen atoms in total. The first-order chi connectivity index (χ1) is 10.2. The minimum absolute atomic E-state index is 0.0205. The van der Waals surface area contributed by atoms with Crippen LogP contribution in [-0.4, -0.2) is 52.9 Å². The molecule has 1 saturated heterocycles. The second-order valence-electron chi connectivity index (χ2n) is 5.51. The Kier molecular flexibility index (Phi) is 5.29. The zero-order chi connectivity index (χ0) is 15.2. The number of aromatic nitrogens is 1. The van der Waals surface area contributed by atoms with E-state index in [4.69, 9.17) is 0 Å². The van der Waals surface area contributed by atoms with Gasteiger partial charge in [-0.1, -0.05) is 13.3 Å². The second-order valence-corrected chi connectivity index (χ2v) is 5.51. The number of amides is 1. The molecule has 2 rings (SSSR count). The summed E-state index contributed by atoms with van der Waals surface area (Å²) in [4.78, 5) is 20.5. The van der Waals surface area contributed by atoms with Crippen molar-refractivity contribution in [2.75, 3.05) is 26.2 Å². The highest BCUT2D eigenvalue weighted by Crippen LogP contribution is 2.13. The Balaban J connectivity index is 1.95. The van der Waals surface area contributed by atoms with Crippen LogP contribution in [0.2, 0.25) is 0 Å². The highest BCUT2D eigenvalue weighted by Gasteiger charge is 2.26. The number of carbonyl (C=O) groups is 1. The van der Waals surface area contributed by atoms with Crippen LogP contribution in [-0.2, 0) is 0 Å². The summed E-state index contributed by atoms with van der Waals surface area (Å²) in [5.41, 5.74) is 1.64. The first kappa shape index (κ1) is 15.5. The van der Waals surface area contributed by atoms with E-state index in [9.17, 15) is 10.1 Å². The SMILES string of the molecule is CCCC(C#N)N1CCN(C(=O)c2cncc(C)c2)CC1. The molecule has 1 amide bonds. The van der Waals surface area contributed by atoms with Crippen molar-refractivity contribution >= 4 is 5.91 Å². The Bertz CT molecular complexity index is 529. The van der Waals surface area contributed by atoms with Gasteiger partial charge in [0.1, 0.15) is 0 Å². The second kappa shape index (κ2) is 7.19. The Morgan fingerprint density at radius 1 is 1.38 bits per heavy atom. The maximum atomic E-state index is 12.4. The van der Waals surface area contributed by atoms with E-state index < -0.39 is 0 Å². The predicted molar refractivity (Wildman–Crippen MR) is 80.8 cm³/mol. The van der Waals surface area contributed by atoms with Crippen molar-refractivity contribution in [3.63, 3.8) is 0 Å². The number of pyridine rings is 1. The van der Waals surface area contributed by atoms with Crippen LogP contribution in [0.1, 0.15) is 35.7 Å². The molecular weight excluding hydrogens is 264 g/mol. The van der Waals surface area contributed by atoms with E-state index in [1.54, 1.807) is 12.4 Å². The molecule has 1 aromatic heterocycles. The molecule has 1 atom stereocenters. The Morgan fingerprint density at radius 3 is 2.67 bits per heavy atom. The van der Waals surface area contributed by atoms with Crippen molar-refractivity contribution in [3.05, 3.63) is 29.6 Å². The topological polar surface area (TPSA) is 60.2 Å². The number of aryl methyl sites for hydroxylation is 1. The molecule has 112 valence electrons. The quantitative estimate of drug-likeness (QED) is 0.847. The van der Waals surface area contributed by atoms with Crippen molar-refractivity contribution in [1.82, 2.24) is 14.8 Å². The van der Waals surface area contributed by atoms with Crippen molar-refractivity contribution in [2.24, 2.45) is 0 Å². The van der Waals surface area contributed by atoms with E-state index in [0.717, 1.165) is 31.5 Å². The van der Waals surface area contributed by atoms with Gasteiger partial charge >= 0.3 is 0 Å². The third-order valence-electron chi connectivity index (χ3n) is 3.88. The first-order valence-electron chi connectivity index (χ1n) is 7.50. The summed E-state index contributed by atoms with van der Waals surface area (Å²) in [7, 11) is 0. The van der Waals surface area contributed by atoms with Gasteiger partial charge in [-0.2, -0.15) is 5.26 Å². The van der Waals surface area contributed by atoms with Crippen LogP contribution in [0.25, 0.3) is 0 Å². The maximum absolute atomic E-state index is 12.4. The van der Waals surface area contributed by atoms with Gasteiger partial charge < -0.3 is 4.90 Å². The zero-order valence-electron chi connectivity index (χ0n) is 12.7. The van der Waals surface area contributed by atoms with Gasteiger partial charge in [0.05, 0.1) is 17.7 Å². The predicted octanol–water partition coefficient (Wildman–Crippen LogP) is 1.84. The Labute approximate surface area is 126 Å². The van der Waals surface area contributed by atoms with Gasteiger partial charge in [0.25, 0.3) is 5.91 Å². The fraction of sp³-hybridized carbons (Fsp3) is 0.562. The molecule has 1 aromatic rings. The summed E-state index contributed by atoms with van der Waals surface area (Å²) in [6.45, 7) is 6.91. The molecule has 1 unspecified atom stereocenters.